The fourth-order valence-corrected chi connectivity index (χ4v) is 5.24. The van der Waals surface area contributed by atoms with Gasteiger partial charge in [-0.15, -0.1) is 21.5 Å². The third kappa shape index (κ3) is 4.47. The van der Waals surface area contributed by atoms with E-state index >= 15 is 0 Å². The zero-order chi connectivity index (χ0) is 21.9. The fourth-order valence-electron chi connectivity index (χ4n) is 3.62. The summed E-state index contributed by atoms with van der Waals surface area (Å²) in [5, 5.41) is 14.3. The molecule has 0 bridgehead atoms. The number of nitrogens with zero attached hydrogens (tertiary/aromatic N) is 3. The van der Waals surface area contributed by atoms with E-state index in [0.29, 0.717) is 16.5 Å². The lowest BCUT2D eigenvalue weighted by atomic mass is 10.1. The Balaban J connectivity index is 1.33. The summed E-state index contributed by atoms with van der Waals surface area (Å²) in [4.78, 5) is 14.0. The number of hydrogen-bond acceptors (Lipinski definition) is 5. The summed E-state index contributed by atoms with van der Waals surface area (Å²) in [6.45, 7) is 0. The first-order valence-electron chi connectivity index (χ1n) is 10.4. The number of thioether (sulfide) groups is 1. The van der Waals surface area contributed by atoms with Crippen molar-refractivity contribution in [3.05, 3.63) is 88.4 Å². The predicted molar refractivity (Wildman–Crippen MR) is 125 cm³/mol. The first-order chi connectivity index (χ1) is 15.7. The molecule has 1 aliphatic rings. The van der Waals surface area contributed by atoms with Crippen molar-refractivity contribution < 1.29 is 9.18 Å². The first kappa shape index (κ1) is 20.9. The van der Waals surface area contributed by atoms with Gasteiger partial charge in [0.05, 0.1) is 17.4 Å². The molecule has 0 radical (unpaired) electrons. The Morgan fingerprint density at radius 3 is 2.59 bits per heavy atom. The molecule has 0 saturated heterocycles. The van der Waals surface area contributed by atoms with Crippen molar-refractivity contribution in [1.82, 2.24) is 20.1 Å². The Hall–Kier alpha value is -2.97. The van der Waals surface area contributed by atoms with E-state index in [1.54, 1.807) is 29.5 Å². The van der Waals surface area contributed by atoms with Crippen LogP contribution in [-0.4, -0.2) is 26.4 Å². The normalized spacial score (nSPS) is 14.3. The lowest BCUT2D eigenvalue weighted by Crippen LogP contribution is -2.30. The van der Waals surface area contributed by atoms with Crippen LogP contribution in [0.2, 0.25) is 0 Å². The van der Waals surface area contributed by atoms with Crippen molar-refractivity contribution in [3.8, 4) is 11.4 Å². The Morgan fingerprint density at radius 2 is 1.88 bits per heavy atom. The van der Waals surface area contributed by atoms with Gasteiger partial charge in [-0.3, -0.25) is 9.36 Å². The lowest BCUT2D eigenvalue weighted by molar-refractivity contribution is -0.119. The standard InChI is InChI=1S/C24H21FN4OS2/c25-19-10-5-4-9-18(19)23-27-28-24(29(23)17-12-13-17)32-15-21(30)26-22(20-11-6-14-31-20)16-7-2-1-3-8-16/h1-11,14,17,22H,12-13,15H2,(H,26,30)/t22-/m0/s1. The summed E-state index contributed by atoms with van der Waals surface area (Å²) >= 11 is 2.95. The van der Waals surface area contributed by atoms with Gasteiger partial charge in [0.25, 0.3) is 0 Å². The molecule has 1 N–H and O–H groups in total. The largest absolute Gasteiger partial charge is 0.344 e. The number of halogens is 1. The molecule has 5 nitrogen and oxygen atoms in total. The summed E-state index contributed by atoms with van der Waals surface area (Å²) in [6, 6.07) is 20.6. The molecule has 2 aromatic heterocycles. The maximum Gasteiger partial charge on any atom is 0.231 e. The van der Waals surface area contributed by atoms with Gasteiger partial charge in [0.2, 0.25) is 5.91 Å². The molecular weight excluding hydrogens is 443 g/mol. The van der Waals surface area contributed by atoms with E-state index in [-0.39, 0.29) is 29.6 Å². The first-order valence-corrected chi connectivity index (χ1v) is 12.3. The molecule has 0 spiro atoms. The topological polar surface area (TPSA) is 59.8 Å². The number of aromatic nitrogens is 3. The molecule has 2 heterocycles. The van der Waals surface area contributed by atoms with E-state index in [2.05, 4.69) is 15.5 Å². The highest BCUT2D eigenvalue weighted by atomic mass is 32.2. The van der Waals surface area contributed by atoms with E-state index in [1.165, 1.54) is 17.8 Å². The van der Waals surface area contributed by atoms with Gasteiger partial charge in [-0.2, -0.15) is 0 Å². The Bertz CT molecular complexity index is 1210. The number of carbonyl (C=O) groups is 1. The molecule has 5 rings (SSSR count). The minimum Gasteiger partial charge on any atom is -0.344 e. The third-order valence-electron chi connectivity index (χ3n) is 5.29. The quantitative estimate of drug-likeness (QED) is 0.351. The lowest BCUT2D eigenvalue weighted by Gasteiger charge is -2.18. The smallest absolute Gasteiger partial charge is 0.231 e. The van der Waals surface area contributed by atoms with E-state index in [4.69, 9.17) is 0 Å². The van der Waals surface area contributed by atoms with Gasteiger partial charge >= 0.3 is 0 Å². The van der Waals surface area contributed by atoms with Gasteiger partial charge in [-0.25, -0.2) is 4.39 Å². The molecule has 162 valence electrons. The van der Waals surface area contributed by atoms with Crippen LogP contribution in [-0.2, 0) is 4.79 Å². The van der Waals surface area contributed by atoms with Gasteiger partial charge in [0.15, 0.2) is 11.0 Å². The zero-order valence-electron chi connectivity index (χ0n) is 17.1. The van der Waals surface area contributed by atoms with Gasteiger partial charge in [-0.05, 0) is 42.0 Å². The highest BCUT2D eigenvalue weighted by molar-refractivity contribution is 7.99. The second-order valence-corrected chi connectivity index (χ2v) is 9.52. The van der Waals surface area contributed by atoms with Crippen LogP contribution >= 0.6 is 23.1 Å². The van der Waals surface area contributed by atoms with E-state index in [9.17, 15) is 9.18 Å². The van der Waals surface area contributed by atoms with Gasteiger partial charge in [0, 0.05) is 10.9 Å². The third-order valence-corrected chi connectivity index (χ3v) is 7.17. The Kier molecular flexibility index (Phi) is 6.05. The van der Waals surface area contributed by atoms with Crippen molar-refractivity contribution in [2.45, 2.75) is 30.1 Å². The highest BCUT2D eigenvalue weighted by Gasteiger charge is 2.31. The number of amides is 1. The monoisotopic (exact) mass is 464 g/mol. The summed E-state index contributed by atoms with van der Waals surface area (Å²) in [5.74, 6) is 0.318. The number of benzene rings is 2. The number of thiophene rings is 1. The minimum absolute atomic E-state index is 0.0879. The second kappa shape index (κ2) is 9.26. The average molecular weight is 465 g/mol. The molecular formula is C24H21FN4OS2. The molecule has 1 fully saturated rings. The molecule has 0 aliphatic heterocycles. The molecule has 1 amide bonds. The van der Waals surface area contributed by atoms with Crippen LogP contribution in [0.15, 0.2) is 77.3 Å². The van der Waals surface area contributed by atoms with Crippen LogP contribution in [0.5, 0.6) is 0 Å². The molecule has 0 unspecified atom stereocenters. The minimum atomic E-state index is -0.322. The van der Waals surface area contributed by atoms with Crippen LogP contribution in [0.25, 0.3) is 11.4 Å². The van der Waals surface area contributed by atoms with Crippen LogP contribution < -0.4 is 5.32 Å². The maximum atomic E-state index is 14.4. The summed E-state index contributed by atoms with van der Waals surface area (Å²) < 4.78 is 16.3. The SMILES string of the molecule is O=C(CSc1nnc(-c2ccccc2F)n1C1CC1)N[C@@H](c1ccccc1)c1cccs1. The van der Waals surface area contributed by atoms with E-state index < -0.39 is 0 Å². The maximum absolute atomic E-state index is 14.4. The van der Waals surface area contributed by atoms with Gasteiger partial charge in [-0.1, -0.05) is 60.3 Å². The van der Waals surface area contributed by atoms with Crippen molar-refractivity contribution in [2.24, 2.45) is 0 Å². The van der Waals surface area contributed by atoms with Crippen LogP contribution in [0, 0.1) is 5.82 Å². The van der Waals surface area contributed by atoms with Crippen molar-refractivity contribution in [3.63, 3.8) is 0 Å². The number of hydrogen-bond donors (Lipinski definition) is 1. The van der Waals surface area contributed by atoms with E-state index in [1.807, 2.05) is 52.4 Å². The Labute approximate surface area is 193 Å². The van der Waals surface area contributed by atoms with Crippen molar-refractivity contribution in [2.75, 3.05) is 5.75 Å². The van der Waals surface area contributed by atoms with Crippen LogP contribution in [0.1, 0.15) is 35.4 Å². The van der Waals surface area contributed by atoms with E-state index in [0.717, 1.165) is 23.3 Å². The number of nitrogens with one attached hydrogen (secondary N) is 1. The fraction of sp³-hybridized carbons (Fsp3) is 0.208. The number of carbonyl (C=O) groups excluding carboxylic acids is 1. The summed E-state index contributed by atoms with van der Waals surface area (Å²) in [6.07, 6.45) is 2.02. The molecule has 8 heteroatoms. The Morgan fingerprint density at radius 1 is 1.09 bits per heavy atom. The summed E-state index contributed by atoms with van der Waals surface area (Å²) in [5.41, 5.74) is 1.47. The molecule has 1 aliphatic carbocycles. The molecule has 32 heavy (non-hydrogen) atoms. The molecule has 2 aromatic carbocycles. The van der Waals surface area contributed by atoms with Crippen LogP contribution in [0.4, 0.5) is 4.39 Å². The molecule has 4 aromatic rings. The zero-order valence-corrected chi connectivity index (χ0v) is 18.8. The van der Waals surface area contributed by atoms with Gasteiger partial charge < -0.3 is 5.32 Å². The molecule has 1 atom stereocenters. The summed E-state index contributed by atoms with van der Waals surface area (Å²) in [7, 11) is 0. The second-order valence-electron chi connectivity index (χ2n) is 7.60. The predicted octanol–water partition coefficient (Wildman–Crippen LogP) is 5.48. The number of rotatable bonds is 8. The van der Waals surface area contributed by atoms with Gasteiger partial charge in [0.1, 0.15) is 5.82 Å². The van der Waals surface area contributed by atoms with Crippen LogP contribution in [0.3, 0.4) is 0 Å². The van der Waals surface area contributed by atoms with Crippen molar-refractivity contribution >= 4 is 29.0 Å². The van der Waals surface area contributed by atoms with Crippen molar-refractivity contribution in [1.29, 1.82) is 0 Å². The molecule has 1 saturated carbocycles. The average Bonchev–Trinajstić information content (AvgIpc) is 3.33. The highest BCUT2D eigenvalue weighted by Crippen LogP contribution is 2.41.